The van der Waals surface area contributed by atoms with E-state index in [-0.39, 0.29) is 0 Å². The Morgan fingerprint density at radius 2 is 1.68 bits per heavy atom. The van der Waals surface area contributed by atoms with Crippen LogP contribution in [0, 0.1) is 0 Å². The second kappa shape index (κ2) is 5.56. The molecule has 0 aliphatic rings. The zero-order chi connectivity index (χ0) is 16.6. The van der Waals surface area contributed by atoms with Gasteiger partial charge >= 0.3 is 0 Å². The summed E-state index contributed by atoms with van der Waals surface area (Å²) in [5.41, 5.74) is 2.88. The van der Waals surface area contributed by atoms with Gasteiger partial charge in [-0.25, -0.2) is 4.98 Å². The molecule has 0 saturated carbocycles. The van der Waals surface area contributed by atoms with Crippen LogP contribution in [0.5, 0.6) is 0 Å². The number of nitrogens with one attached hydrogen (secondary N) is 1. The van der Waals surface area contributed by atoms with Crippen LogP contribution in [0.25, 0.3) is 33.9 Å². The molecule has 0 spiro atoms. The van der Waals surface area contributed by atoms with Crippen molar-refractivity contribution in [3.05, 3.63) is 78.7 Å². The molecule has 4 aromatic heterocycles. The highest BCUT2D eigenvalue weighted by molar-refractivity contribution is 5.83. The smallest absolute Gasteiger partial charge is 0.201 e. The Labute approximate surface area is 142 Å². The van der Waals surface area contributed by atoms with Crippen LogP contribution in [-0.2, 0) is 6.42 Å². The summed E-state index contributed by atoms with van der Waals surface area (Å²) in [5.74, 6) is 2.47. The summed E-state index contributed by atoms with van der Waals surface area (Å²) in [4.78, 5) is 7.93. The van der Waals surface area contributed by atoms with Crippen molar-refractivity contribution in [3.63, 3.8) is 0 Å². The molecule has 5 rings (SSSR count). The normalized spacial score (nSPS) is 11.4. The fraction of sp³-hybridized carbons (Fsp3) is 0.0500. The molecular weight excluding hydrogens is 316 g/mol. The molecule has 0 saturated heterocycles. The van der Waals surface area contributed by atoms with Gasteiger partial charge in [-0.1, -0.05) is 18.2 Å². The van der Waals surface area contributed by atoms with E-state index < -0.39 is 0 Å². The van der Waals surface area contributed by atoms with Gasteiger partial charge in [0.15, 0.2) is 23.1 Å². The quantitative estimate of drug-likeness (QED) is 0.487. The molecule has 0 fully saturated rings. The Morgan fingerprint density at radius 3 is 2.48 bits per heavy atom. The minimum absolute atomic E-state index is 0.579. The van der Waals surface area contributed by atoms with Crippen LogP contribution < -0.4 is 0 Å². The van der Waals surface area contributed by atoms with E-state index in [1.165, 1.54) is 5.39 Å². The second-order valence-electron chi connectivity index (χ2n) is 5.78. The third-order valence-electron chi connectivity index (χ3n) is 4.19. The first-order chi connectivity index (χ1) is 12.4. The predicted octanol–water partition coefficient (Wildman–Crippen LogP) is 5.27. The highest BCUT2D eigenvalue weighted by Crippen LogP contribution is 2.34. The molecule has 0 unspecified atom stereocenters. The van der Waals surface area contributed by atoms with Crippen LogP contribution in [0.2, 0.25) is 0 Å². The topological polar surface area (TPSA) is 68.1 Å². The van der Waals surface area contributed by atoms with Gasteiger partial charge in [0.2, 0.25) is 5.76 Å². The van der Waals surface area contributed by atoms with Gasteiger partial charge < -0.3 is 18.2 Å². The number of fused-ring (bicyclic) bond motifs is 1. The van der Waals surface area contributed by atoms with Crippen molar-refractivity contribution < 1.29 is 13.3 Å². The number of benzene rings is 1. The number of oxazole rings is 1. The Morgan fingerprint density at radius 1 is 0.880 bits per heavy atom. The van der Waals surface area contributed by atoms with E-state index in [1.54, 1.807) is 12.5 Å². The fourth-order valence-corrected chi connectivity index (χ4v) is 3.04. The number of hydrogen-bond donors (Lipinski definition) is 1. The van der Waals surface area contributed by atoms with Gasteiger partial charge in [-0.05, 0) is 35.9 Å². The molecule has 0 bridgehead atoms. The van der Waals surface area contributed by atoms with Gasteiger partial charge in [-0.3, -0.25) is 0 Å². The second-order valence-corrected chi connectivity index (χ2v) is 5.78. The van der Waals surface area contributed by atoms with E-state index in [1.807, 2.05) is 42.6 Å². The van der Waals surface area contributed by atoms with Gasteiger partial charge in [0.1, 0.15) is 0 Å². The number of furan rings is 2. The maximum absolute atomic E-state index is 6.03. The zero-order valence-electron chi connectivity index (χ0n) is 13.2. The Hall–Kier alpha value is -3.47. The fourth-order valence-electron chi connectivity index (χ4n) is 3.04. The van der Waals surface area contributed by atoms with Gasteiger partial charge in [-0.2, -0.15) is 0 Å². The molecule has 0 amide bonds. The third kappa shape index (κ3) is 2.37. The Kier molecular flexibility index (Phi) is 3.10. The molecule has 1 N–H and O–H groups in total. The van der Waals surface area contributed by atoms with E-state index in [4.69, 9.17) is 13.3 Å². The van der Waals surface area contributed by atoms with Crippen LogP contribution >= 0.6 is 0 Å². The number of aromatic amines is 1. The predicted molar refractivity (Wildman–Crippen MR) is 93.0 cm³/mol. The van der Waals surface area contributed by atoms with E-state index in [2.05, 4.69) is 22.1 Å². The van der Waals surface area contributed by atoms with E-state index in [9.17, 15) is 0 Å². The molecule has 4 heterocycles. The molecule has 25 heavy (non-hydrogen) atoms. The summed E-state index contributed by atoms with van der Waals surface area (Å²) in [6.07, 6.45) is 5.81. The maximum atomic E-state index is 6.03. The van der Waals surface area contributed by atoms with Gasteiger partial charge in [-0.15, -0.1) is 0 Å². The number of aromatic nitrogens is 2. The Balaban J connectivity index is 1.59. The number of hydrogen-bond acceptors (Lipinski definition) is 4. The van der Waals surface area contributed by atoms with Crippen LogP contribution in [0.4, 0.5) is 0 Å². The lowest BCUT2D eigenvalue weighted by molar-refractivity contribution is 0.490. The van der Waals surface area contributed by atoms with Crippen molar-refractivity contribution in [2.24, 2.45) is 0 Å². The highest BCUT2D eigenvalue weighted by Gasteiger charge is 2.21. The first-order valence-electron chi connectivity index (χ1n) is 8.01. The van der Waals surface area contributed by atoms with Crippen molar-refractivity contribution in [2.75, 3.05) is 0 Å². The zero-order valence-corrected chi connectivity index (χ0v) is 13.2. The first-order valence-corrected chi connectivity index (χ1v) is 8.01. The molecule has 0 atom stereocenters. The van der Waals surface area contributed by atoms with Crippen molar-refractivity contribution >= 4 is 10.9 Å². The number of rotatable bonds is 4. The van der Waals surface area contributed by atoms with Crippen LogP contribution in [0.3, 0.4) is 0 Å². The molecule has 1 aromatic carbocycles. The SMILES string of the molecule is c1coc(-c2nc(Cc3c[nH]c4ccccc34)oc2-c2ccco2)c1. The standard InChI is InChI=1S/C20H14N2O3/c1-2-6-15-14(5-1)13(12-21-15)11-18-22-19(16-7-3-9-23-16)20(25-18)17-8-4-10-24-17/h1-10,12,21H,11H2. The van der Waals surface area contributed by atoms with Crippen LogP contribution in [0.15, 0.2) is 80.5 Å². The van der Waals surface area contributed by atoms with Crippen LogP contribution in [0.1, 0.15) is 11.5 Å². The highest BCUT2D eigenvalue weighted by atomic mass is 16.4. The summed E-state index contributed by atoms with van der Waals surface area (Å²) in [6, 6.07) is 15.5. The lowest BCUT2D eigenvalue weighted by Gasteiger charge is -1.95. The summed E-state index contributed by atoms with van der Waals surface area (Å²) in [6.45, 7) is 0. The lowest BCUT2D eigenvalue weighted by Crippen LogP contribution is -1.86. The molecule has 5 heteroatoms. The maximum Gasteiger partial charge on any atom is 0.201 e. The number of H-pyrrole nitrogens is 1. The summed E-state index contributed by atoms with van der Waals surface area (Å²) in [7, 11) is 0. The van der Waals surface area contributed by atoms with Crippen molar-refractivity contribution in [3.8, 4) is 23.0 Å². The van der Waals surface area contributed by atoms with Gasteiger partial charge in [0.05, 0.1) is 18.9 Å². The number of para-hydroxylation sites is 1. The van der Waals surface area contributed by atoms with E-state index in [0.717, 1.165) is 11.1 Å². The van der Waals surface area contributed by atoms with E-state index >= 15 is 0 Å². The molecule has 0 radical (unpaired) electrons. The third-order valence-corrected chi connectivity index (χ3v) is 4.19. The van der Waals surface area contributed by atoms with Gasteiger partial charge in [0.25, 0.3) is 0 Å². The van der Waals surface area contributed by atoms with Gasteiger partial charge in [0, 0.05) is 17.1 Å². The molecule has 122 valence electrons. The average Bonchev–Trinajstić information content (AvgIpc) is 3.42. The monoisotopic (exact) mass is 330 g/mol. The van der Waals surface area contributed by atoms with E-state index in [0.29, 0.717) is 35.3 Å². The summed E-state index contributed by atoms with van der Waals surface area (Å²) >= 11 is 0. The summed E-state index contributed by atoms with van der Waals surface area (Å²) < 4.78 is 17.0. The minimum Gasteiger partial charge on any atom is -0.463 e. The largest absolute Gasteiger partial charge is 0.463 e. The molecule has 0 aliphatic carbocycles. The summed E-state index contributed by atoms with van der Waals surface area (Å²) in [5, 5.41) is 1.17. The van der Waals surface area contributed by atoms with Crippen LogP contribution in [-0.4, -0.2) is 9.97 Å². The molecule has 5 nitrogen and oxygen atoms in total. The molecule has 0 aliphatic heterocycles. The number of nitrogens with zero attached hydrogens (tertiary/aromatic N) is 1. The molecular formula is C20H14N2O3. The van der Waals surface area contributed by atoms with Crippen molar-refractivity contribution in [1.82, 2.24) is 9.97 Å². The average molecular weight is 330 g/mol. The first kappa shape index (κ1) is 13.9. The van der Waals surface area contributed by atoms with Crippen molar-refractivity contribution in [2.45, 2.75) is 6.42 Å². The van der Waals surface area contributed by atoms with Crippen molar-refractivity contribution in [1.29, 1.82) is 0 Å². The lowest BCUT2D eigenvalue weighted by atomic mass is 10.1. The molecule has 5 aromatic rings. The minimum atomic E-state index is 0.579. The Bertz CT molecular complexity index is 1060.